The van der Waals surface area contributed by atoms with Crippen LogP contribution >= 0.6 is 0 Å². The Hall–Kier alpha value is -0.610. The molecule has 112 valence electrons. The van der Waals surface area contributed by atoms with Crippen molar-refractivity contribution in [3.8, 4) is 0 Å². The van der Waals surface area contributed by atoms with E-state index in [4.69, 9.17) is 5.73 Å². The van der Waals surface area contributed by atoms with Gasteiger partial charge in [-0.05, 0) is 24.2 Å². The molecule has 3 atom stereocenters. The van der Waals surface area contributed by atoms with Gasteiger partial charge in [-0.25, -0.2) is 0 Å². The first-order valence-electron chi connectivity index (χ1n) is 7.36. The molecule has 0 aromatic carbocycles. The second kappa shape index (κ2) is 6.23. The topological polar surface area (TPSA) is 75.3 Å². The predicted molar refractivity (Wildman–Crippen MR) is 77.6 cm³/mol. The number of carbonyl (C=O) groups excluding carboxylic acids is 1. The van der Waals surface area contributed by atoms with Gasteiger partial charge < -0.3 is 16.2 Å². The van der Waals surface area contributed by atoms with Gasteiger partial charge in [0.2, 0.25) is 5.91 Å². The van der Waals surface area contributed by atoms with Crippen LogP contribution in [0.2, 0.25) is 0 Å². The van der Waals surface area contributed by atoms with Crippen LogP contribution in [-0.2, 0) is 4.79 Å². The number of amides is 1. The van der Waals surface area contributed by atoms with Gasteiger partial charge in [-0.1, -0.05) is 40.5 Å². The first kappa shape index (κ1) is 16.4. The van der Waals surface area contributed by atoms with Gasteiger partial charge in [0.1, 0.15) is 0 Å². The van der Waals surface area contributed by atoms with E-state index in [0.717, 1.165) is 19.3 Å². The molecule has 1 aliphatic rings. The lowest BCUT2D eigenvalue weighted by Crippen LogP contribution is -2.55. The molecule has 0 spiro atoms. The number of hydrogen-bond donors (Lipinski definition) is 3. The summed E-state index contributed by atoms with van der Waals surface area (Å²) in [5.41, 5.74) is 5.54. The summed E-state index contributed by atoms with van der Waals surface area (Å²) in [6.45, 7) is 8.31. The van der Waals surface area contributed by atoms with Crippen molar-refractivity contribution in [1.82, 2.24) is 5.32 Å². The van der Waals surface area contributed by atoms with Crippen molar-refractivity contribution >= 4 is 5.91 Å². The van der Waals surface area contributed by atoms with Crippen LogP contribution in [0.5, 0.6) is 0 Å². The fourth-order valence-corrected chi connectivity index (χ4v) is 2.81. The van der Waals surface area contributed by atoms with Gasteiger partial charge in [0, 0.05) is 12.5 Å². The molecule has 1 aliphatic carbocycles. The lowest BCUT2D eigenvalue weighted by molar-refractivity contribution is -0.125. The second-order valence-electron chi connectivity index (χ2n) is 7.36. The second-order valence-corrected chi connectivity index (χ2v) is 7.36. The zero-order chi connectivity index (χ0) is 14.7. The van der Waals surface area contributed by atoms with Gasteiger partial charge in [0.15, 0.2) is 0 Å². The maximum Gasteiger partial charge on any atom is 0.222 e. The molecule has 1 saturated carbocycles. The quantitative estimate of drug-likeness (QED) is 0.729. The van der Waals surface area contributed by atoms with Crippen molar-refractivity contribution in [3.05, 3.63) is 0 Å². The van der Waals surface area contributed by atoms with Crippen LogP contribution in [0.15, 0.2) is 0 Å². The molecule has 1 fully saturated rings. The molecule has 0 aromatic rings. The minimum absolute atomic E-state index is 0.0217. The molecule has 0 radical (unpaired) electrons. The highest BCUT2D eigenvalue weighted by molar-refractivity contribution is 5.77. The zero-order valence-electron chi connectivity index (χ0n) is 12.8. The van der Waals surface area contributed by atoms with E-state index in [1.807, 2.05) is 20.8 Å². The summed E-state index contributed by atoms with van der Waals surface area (Å²) in [4.78, 5) is 12.1. The Labute approximate surface area is 117 Å². The average Bonchev–Trinajstić information content (AvgIpc) is 2.27. The maximum atomic E-state index is 12.1. The number of aliphatic hydroxyl groups excluding tert-OH is 1. The molecule has 3 unspecified atom stereocenters. The normalized spacial score (nSPS) is 29.9. The van der Waals surface area contributed by atoms with Crippen LogP contribution in [0.3, 0.4) is 0 Å². The summed E-state index contributed by atoms with van der Waals surface area (Å²) in [5, 5.41) is 12.7. The summed E-state index contributed by atoms with van der Waals surface area (Å²) < 4.78 is 0. The minimum atomic E-state index is -0.424. The molecule has 4 nitrogen and oxygen atoms in total. The Morgan fingerprint density at radius 2 is 2.16 bits per heavy atom. The summed E-state index contributed by atoms with van der Waals surface area (Å²) in [7, 11) is 0. The van der Waals surface area contributed by atoms with Gasteiger partial charge in [0.05, 0.1) is 12.1 Å². The molecular weight excluding hydrogens is 240 g/mol. The number of nitrogens with one attached hydrogen (secondary N) is 1. The van der Waals surface area contributed by atoms with Crippen molar-refractivity contribution in [2.75, 3.05) is 6.61 Å². The predicted octanol–water partition coefficient (Wildman–Crippen LogP) is 1.81. The number of carbonyl (C=O) groups is 1. The standard InChI is InChI=1S/C15H30N2O2/c1-11-6-5-7-15(9-11,10-18)17-13(19)8-12(16)14(2,3)4/h11-12,18H,5-10,16H2,1-4H3,(H,17,19). The Bertz CT molecular complexity index is 312. The van der Waals surface area contributed by atoms with Crippen LogP contribution in [0, 0.1) is 11.3 Å². The van der Waals surface area contributed by atoms with E-state index in [-0.39, 0.29) is 24.0 Å². The zero-order valence-corrected chi connectivity index (χ0v) is 12.8. The summed E-state index contributed by atoms with van der Waals surface area (Å²) >= 11 is 0. The van der Waals surface area contributed by atoms with Crippen molar-refractivity contribution in [3.63, 3.8) is 0 Å². The molecule has 19 heavy (non-hydrogen) atoms. The lowest BCUT2D eigenvalue weighted by Gasteiger charge is -2.40. The van der Waals surface area contributed by atoms with Crippen LogP contribution in [0.4, 0.5) is 0 Å². The molecule has 0 saturated heterocycles. The third-order valence-electron chi connectivity index (χ3n) is 4.32. The number of aliphatic hydroxyl groups is 1. The van der Waals surface area contributed by atoms with E-state index >= 15 is 0 Å². The van der Waals surface area contributed by atoms with E-state index in [1.54, 1.807) is 0 Å². The smallest absolute Gasteiger partial charge is 0.222 e. The van der Waals surface area contributed by atoms with E-state index in [2.05, 4.69) is 12.2 Å². The van der Waals surface area contributed by atoms with E-state index in [9.17, 15) is 9.90 Å². The fraction of sp³-hybridized carbons (Fsp3) is 0.933. The van der Waals surface area contributed by atoms with Gasteiger partial charge in [-0.15, -0.1) is 0 Å². The lowest BCUT2D eigenvalue weighted by atomic mass is 9.76. The minimum Gasteiger partial charge on any atom is -0.394 e. The van der Waals surface area contributed by atoms with Crippen LogP contribution in [-0.4, -0.2) is 29.2 Å². The van der Waals surface area contributed by atoms with Crippen LogP contribution < -0.4 is 11.1 Å². The molecular formula is C15H30N2O2. The Kier molecular flexibility index (Phi) is 5.39. The summed E-state index contributed by atoms with van der Waals surface area (Å²) in [6, 6.07) is -0.163. The number of hydrogen-bond acceptors (Lipinski definition) is 3. The number of rotatable bonds is 4. The van der Waals surface area contributed by atoms with E-state index in [1.165, 1.54) is 6.42 Å². The Morgan fingerprint density at radius 3 is 2.63 bits per heavy atom. The van der Waals surface area contributed by atoms with Gasteiger partial charge in [0.25, 0.3) is 0 Å². The average molecular weight is 270 g/mol. The molecule has 0 aliphatic heterocycles. The largest absolute Gasteiger partial charge is 0.394 e. The molecule has 1 rings (SSSR count). The van der Waals surface area contributed by atoms with E-state index in [0.29, 0.717) is 12.3 Å². The molecule has 4 N–H and O–H groups in total. The maximum absolute atomic E-state index is 12.1. The molecule has 0 heterocycles. The Morgan fingerprint density at radius 1 is 1.53 bits per heavy atom. The number of nitrogens with two attached hydrogens (primary N) is 1. The van der Waals surface area contributed by atoms with Crippen LogP contribution in [0.25, 0.3) is 0 Å². The fourth-order valence-electron chi connectivity index (χ4n) is 2.81. The summed E-state index contributed by atoms with van der Waals surface area (Å²) in [6.07, 6.45) is 4.29. The van der Waals surface area contributed by atoms with Crippen molar-refractivity contribution in [1.29, 1.82) is 0 Å². The first-order valence-corrected chi connectivity index (χ1v) is 7.36. The highest BCUT2D eigenvalue weighted by atomic mass is 16.3. The van der Waals surface area contributed by atoms with Gasteiger partial charge in [-0.2, -0.15) is 0 Å². The molecule has 1 amide bonds. The molecule has 0 bridgehead atoms. The van der Waals surface area contributed by atoms with Crippen LogP contribution in [0.1, 0.15) is 59.8 Å². The van der Waals surface area contributed by atoms with Crippen molar-refractivity contribution in [2.45, 2.75) is 71.4 Å². The SMILES string of the molecule is CC1CCCC(CO)(NC(=O)CC(N)C(C)(C)C)C1. The monoisotopic (exact) mass is 270 g/mol. The first-order chi connectivity index (χ1) is 8.68. The van der Waals surface area contributed by atoms with Gasteiger partial charge in [-0.3, -0.25) is 4.79 Å². The van der Waals surface area contributed by atoms with Crippen molar-refractivity contribution < 1.29 is 9.90 Å². The van der Waals surface area contributed by atoms with Crippen molar-refractivity contribution in [2.24, 2.45) is 17.1 Å². The van der Waals surface area contributed by atoms with E-state index < -0.39 is 5.54 Å². The third-order valence-corrected chi connectivity index (χ3v) is 4.32. The highest BCUT2D eigenvalue weighted by Gasteiger charge is 2.36. The highest BCUT2D eigenvalue weighted by Crippen LogP contribution is 2.32. The summed E-state index contributed by atoms with van der Waals surface area (Å²) in [5.74, 6) is 0.517. The molecule has 0 aromatic heterocycles. The Balaban J connectivity index is 2.58. The molecule has 4 heteroatoms. The van der Waals surface area contributed by atoms with Gasteiger partial charge >= 0.3 is 0 Å². The third kappa shape index (κ3) is 4.77.